The van der Waals surface area contributed by atoms with E-state index < -0.39 is 0 Å². The summed E-state index contributed by atoms with van der Waals surface area (Å²) in [5.74, 6) is 19.4. The van der Waals surface area contributed by atoms with Crippen molar-refractivity contribution < 1.29 is 0 Å². The minimum Gasteiger partial charge on any atom is -0.254 e. The highest BCUT2D eigenvalue weighted by atomic mass is 14.8. The van der Waals surface area contributed by atoms with E-state index in [1.54, 1.807) is 6.21 Å². The minimum atomic E-state index is 0.655. The molecule has 0 fully saturated rings. The van der Waals surface area contributed by atoms with E-state index in [4.69, 9.17) is 4.99 Å². The van der Waals surface area contributed by atoms with Crippen LogP contribution in [-0.2, 0) is 0 Å². The smallest absolute Gasteiger partial charge is 0.132 e. The molecule has 36 heavy (non-hydrogen) atoms. The van der Waals surface area contributed by atoms with Gasteiger partial charge in [-0.1, -0.05) is 94.6 Å². The van der Waals surface area contributed by atoms with Gasteiger partial charge in [-0.05, 0) is 61.6 Å². The summed E-state index contributed by atoms with van der Waals surface area (Å²) in [7, 11) is 0. The lowest BCUT2D eigenvalue weighted by Crippen LogP contribution is -1.95. The zero-order chi connectivity index (χ0) is 25.7. The molecule has 2 aromatic carbocycles. The van der Waals surface area contributed by atoms with Crippen molar-refractivity contribution in [1.82, 2.24) is 0 Å². The van der Waals surface area contributed by atoms with Gasteiger partial charge in [0.25, 0.3) is 0 Å². The van der Waals surface area contributed by atoms with Crippen LogP contribution in [0, 0.1) is 35.5 Å². The lowest BCUT2D eigenvalue weighted by Gasteiger charge is -1.98. The number of hydrogen-bond acceptors (Lipinski definition) is 2. The molecular formula is C34H40N2. The molecule has 0 aromatic heterocycles. The summed E-state index contributed by atoms with van der Waals surface area (Å²) in [6.45, 7) is 6.52. The van der Waals surface area contributed by atoms with Crippen molar-refractivity contribution in [2.24, 2.45) is 9.98 Å². The summed E-state index contributed by atoms with van der Waals surface area (Å²) in [5, 5.41) is 0. The van der Waals surface area contributed by atoms with E-state index in [2.05, 4.69) is 61.3 Å². The Bertz CT molecular complexity index is 1170. The van der Waals surface area contributed by atoms with Gasteiger partial charge in [-0.3, -0.25) is 4.99 Å². The third-order valence-corrected chi connectivity index (χ3v) is 5.37. The highest BCUT2D eigenvalue weighted by Gasteiger charge is 1.97. The van der Waals surface area contributed by atoms with Crippen LogP contribution in [0.4, 0.5) is 11.4 Å². The lowest BCUT2D eigenvalue weighted by molar-refractivity contribution is 0.614. The van der Waals surface area contributed by atoms with Crippen LogP contribution in [0.25, 0.3) is 0 Å². The van der Waals surface area contributed by atoms with Crippen LogP contribution in [0.15, 0.2) is 58.5 Å². The van der Waals surface area contributed by atoms with E-state index in [1.165, 1.54) is 32.1 Å². The van der Waals surface area contributed by atoms with Crippen molar-refractivity contribution in [3.8, 4) is 35.5 Å². The zero-order valence-electron chi connectivity index (χ0n) is 22.4. The zero-order valence-corrected chi connectivity index (χ0v) is 22.4. The molecule has 0 heterocycles. The van der Waals surface area contributed by atoms with Crippen LogP contribution in [0.3, 0.4) is 0 Å². The Morgan fingerprint density at radius 3 is 1.94 bits per heavy atom. The molecule has 2 heteroatoms. The summed E-state index contributed by atoms with van der Waals surface area (Å²) in [5.41, 5.74) is 4.29. The molecule has 2 aromatic rings. The van der Waals surface area contributed by atoms with Gasteiger partial charge >= 0.3 is 0 Å². The molecule has 0 aliphatic rings. The Morgan fingerprint density at radius 2 is 1.28 bits per heavy atom. The molecule has 0 unspecified atom stereocenters. The quantitative estimate of drug-likeness (QED) is 0.175. The van der Waals surface area contributed by atoms with E-state index in [0.717, 1.165) is 61.0 Å². The monoisotopic (exact) mass is 476 g/mol. The SMILES string of the molecule is CCCC#Cc1cccc(N=CC(C#CCCCCCCCC)=Nc2cccc(C#CCCC)c2)c1. The molecule has 0 saturated carbocycles. The lowest BCUT2D eigenvalue weighted by atomic mass is 10.1. The third kappa shape index (κ3) is 12.8. The minimum absolute atomic E-state index is 0.655. The van der Waals surface area contributed by atoms with Crippen LogP contribution >= 0.6 is 0 Å². The van der Waals surface area contributed by atoms with Gasteiger partial charge in [0, 0.05) is 30.4 Å². The number of aliphatic imine (C=N–C) groups is 2. The predicted octanol–water partition coefficient (Wildman–Crippen LogP) is 9.22. The van der Waals surface area contributed by atoms with Gasteiger partial charge in [-0.15, -0.1) is 0 Å². The second kappa shape index (κ2) is 18.7. The Kier molecular flexibility index (Phi) is 14.9. The van der Waals surface area contributed by atoms with Crippen molar-refractivity contribution in [1.29, 1.82) is 0 Å². The molecule has 186 valence electrons. The Labute approximate surface area is 219 Å². The van der Waals surface area contributed by atoms with Crippen molar-refractivity contribution in [3.63, 3.8) is 0 Å². The van der Waals surface area contributed by atoms with Crippen LogP contribution in [0.1, 0.15) is 103 Å². The first-order valence-electron chi connectivity index (χ1n) is 13.5. The molecular weight excluding hydrogens is 436 g/mol. The van der Waals surface area contributed by atoms with Gasteiger partial charge < -0.3 is 0 Å². The standard InChI is InChI=1S/C34H40N2/c1-4-7-10-11-12-13-14-17-24-34(36-33-26-19-23-31(28-33)21-16-9-6-3)29-35-32-25-18-22-30(27-32)20-15-8-5-2/h18-19,22-23,25-29H,4-14H2,1-3H3. The predicted molar refractivity (Wildman–Crippen MR) is 157 cm³/mol. The molecule has 0 bridgehead atoms. The molecule has 0 aliphatic carbocycles. The molecule has 0 amide bonds. The molecule has 0 N–H and O–H groups in total. The largest absolute Gasteiger partial charge is 0.254 e. The van der Waals surface area contributed by atoms with Gasteiger partial charge in [0.1, 0.15) is 5.71 Å². The van der Waals surface area contributed by atoms with E-state index in [9.17, 15) is 0 Å². The molecule has 0 radical (unpaired) electrons. The molecule has 0 aliphatic heterocycles. The van der Waals surface area contributed by atoms with E-state index >= 15 is 0 Å². The normalized spacial score (nSPS) is 10.7. The molecule has 2 rings (SSSR count). The highest BCUT2D eigenvalue weighted by molar-refractivity contribution is 6.39. The first kappa shape index (κ1) is 28.7. The van der Waals surface area contributed by atoms with E-state index in [-0.39, 0.29) is 0 Å². The first-order chi connectivity index (χ1) is 17.7. The number of unbranched alkanes of at least 4 members (excludes halogenated alkanes) is 8. The molecule has 0 saturated heterocycles. The van der Waals surface area contributed by atoms with Crippen LogP contribution in [0.5, 0.6) is 0 Å². The van der Waals surface area contributed by atoms with Crippen molar-refractivity contribution in [2.75, 3.05) is 0 Å². The Hall–Kier alpha value is -3.54. The third-order valence-electron chi connectivity index (χ3n) is 5.37. The summed E-state index contributed by atoms with van der Waals surface area (Å²) in [4.78, 5) is 9.47. The molecule has 0 spiro atoms. The Balaban J connectivity index is 2.20. The number of rotatable bonds is 11. The second-order valence-corrected chi connectivity index (χ2v) is 8.78. The van der Waals surface area contributed by atoms with Crippen molar-refractivity contribution >= 4 is 23.3 Å². The maximum atomic E-state index is 4.80. The fourth-order valence-corrected chi connectivity index (χ4v) is 3.41. The fourth-order valence-electron chi connectivity index (χ4n) is 3.41. The van der Waals surface area contributed by atoms with Crippen LogP contribution in [-0.4, -0.2) is 11.9 Å². The van der Waals surface area contributed by atoms with Gasteiger partial charge in [0.15, 0.2) is 0 Å². The van der Waals surface area contributed by atoms with Gasteiger partial charge in [0.05, 0.1) is 17.6 Å². The summed E-state index contributed by atoms with van der Waals surface area (Å²) in [6, 6.07) is 16.0. The van der Waals surface area contributed by atoms with Gasteiger partial charge in [0.2, 0.25) is 0 Å². The average Bonchev–Trinajstić information content (AvgIpc) is 2.89. The number of benzene rings is 2. The van der Waals surface area contributed by atoms with Crippen LogP contribution < -0.4 is 0 Å². The number of nitrogens with zero attached hydrogens (tertiary/aromatic N) is 2. The highest BCUT2D eigenvalue weighted by Crippen LogP contribution is 2.16. The molecule has 0 atom stereocenters. The van der Waals surface area contributed by atoms with Gasteiger partial charge in [-0.2, -0.15) is 0 Å². The fraction of sp³-hybridized carbons (Fsp3) is 0.412. The molecule has 2 nitrogen and oxygen atoms in total. The maximum absolute atomic E-state index is 4.80. The number of hydrogen-bond donors (Lipinski definition) is 0. The maximum Gasteiger partial charge on any atom is 0.132 e. The Morgan fingerprint density at radius 1 is 0.667 bits per heavy atom. The summed E-state index contributed by atoms with van der Waals surface area (Å²) < 4.78 is 0. The first-order valence-corrected chi connectivity index (χ1v) is 13.5. The van der Waals surface area contributed by atoms with Crippen LogP contribution in [0.2, 0.25) is 0 Å². The van der Waals surface area contributed by atoms with Gasteiger partial charge in [-0.25, -0.2) is 4.99 Å². The van der Waals surface area contributed by atoms with Crippen molar-refractivity contribution in [2.45, 2.75) is 91.4 Å². The van der Waals surface area contributed by atoms with E-state index in [0.29, 0.717) is 5.71 Å². The topological polar surface area (TPSA) is 24.7 Å². The van der Waals surface area contributed by atoms with E-state index in [1.807, 2.05) is 48.5 Å². The summed E-state index contributed by atoms with van der Waals surface area (Å²) >= 11 is 0. The van der Waals surface area contributed by atoms with Crippen molar-refractivity contribution in [3.05, 3.63) is 59.7 Å². The average molecular weight is 477 g/mol. The summed E-state index contributed by atoms with van der Waals surface area (Å²) in [6.07, 6.45) is 14.2. The second-order valence-electron chi connectivity index (χ2n) is 8.78.